The summed E-state index contributed by atoms with van der Waals surface area (Å²) in [4.78, 5) is 19.9. The van der Waals surface area contributed by atoms with Crippen LogP contribution in [-0.2, 0) is 5.75 Å². The molecule has 0 saturated carbocycles. The third kappa shape index (κ3) is 5.40. The fourth-order valence-electron chi connectivity index (χ4n) is 3.65. The number of para-hydroxylation sites is 1. The van der Waals surface area contributed by atoms with Gasteiger partial charge in [0.1, 0.15) is 15.7 Å². The summed E-state index contributed by atoms with van der Waals surface area (Å²) < 4.78 is 12.3. The van der Waals surface area contributed by atoms with Gasteiger partial charge in [-0.1, -0.05) is 42.1 Å². The van der Waals surface area contributed by atoms with Gasteiger partial charge >= 0.3 is 0 Å². The lowest BCUT2D eigenvalue weighted by molar-refractivity contribution is 0.0915. The molecule has 2 aromatic heterocycles. The Morgan fingerprint density at radius 3 is 2.64 bits per heavy atom. The van der Waals surface area contributed by atoms with E-state index in [0.29, 0.717) is 23.6 Å². The Hall–Kier alpha value is -2.81. The van der Waals surface area contributed by atoms with Crippen molar-refractivity contribution in [3.63, 3.8) is 0 Å². The number of aromatic nitrogens is 1. The van der Waals surface area contributed by atoms with E-state index < -0.39 is 0 Å². The molecule has 0 radical (unpaired) electrons. The Balaban J connectivity index is 1.53. The summed E-state index contributed by atoms with van der Waals surface area (Å²) in [7, 11) is 5.65. The van der Waals surface area contributed by atoms with Crippen LogP contribution in [0.1, 0.15) is 33.4 Å². The van der Waals surface area contributed by atoms with Crippen LogP contribution in [0.3, 0.4) is 0 Å². The molecule has 0 saturated heterocycles. The molecule has 1 N–H and O–H groups in total. The van der Waals surface area contributed by atoms with Crippen LogP contribution in [0, 0.1) is 6.92 Å². The Kier molecular flexibility index (Phi) is 7.37. The second kappa shape index (κ2) is 10.4. The van der Waals surface area contributed by atoms with Crippen LogP contribution in [0.2, 0.25) is 0 Å². The minimum absolute atomic E-state index is 0.0142. The second-order valence-electron chi connectivity index (χ2n) is 7.91. The highest BCUT2D eigenvalue weighted by Crippen LogP contribution is 2.33. The first kappa shape index (κ1) is 23.4. The molecule has 4 rings (SSSR count). The number of likely N-dealkylation sites (N-methyl/N-ethyl adjacent to an activating group) is 1. The fraction of sp³-hybridized carbons (Fsp3) is 0.280. The number of thioether (sulfide) groups is 1. The topological polar surface area (TPSA) is 67.6 Å². The highest BCUT2D eigenvalue weighted by atomic mass is 32.2. The molecule has 0 spiro atoms. The maximum atomic E-state index is 13.2. The third-order valence-electron chi connectivity index (χ3n) is 5.42. The summed E-state index contributed by atoms with van der Waals surface area (Å²) in [5.74, 6) is 1.57. The average molecular weight is 482 g/mol. The van der Waals surface area contributed by atoms with Gasteiger partial charge < -0.3 is 19.4 Å². The molecule has 0 bridgehead atoms. The van der Waals surface area contributed by atoms with Crippen LogP contribution in [-0.4, -0.2) is 43.5 Å². The first-order valence-electron chi connectivity index (χ1n) is 10.6. The molecular weight excluding hydrogens is 454 g/mol. The van der Waals surface area contributed by atoms with Crippen molar-refractivity contribution in [2.75, 3.05) is 27.7 Å². The number of hydrogen-bond acceptors (Lipinski definition) is 7. The van der Waals surface area contributed by atoms with Gasteiger partial charge in [-0.15, -0.1) is 11.3 Å². The normalized spacial score (nSPS) is 12.3. The van der Waals surface area contributed by atoms with Crippen LogP contribution in [0.5, 0.6) is 5.75 Å². The molecule has 6 nitrogen and oxygen atoms in total. The molecule has 0 aliphatic heterocycles. The summed E-state index contributed by atoms with van der Waals surface area (Å²) in [5, 5.41) is 6.08. The quantitative estimate of drug-likeness (QED) is 0.317. The number of ether oxygens (including phenoxy) is 1. The van der Waals surface area contributed by atoms with Gasteiger partial charge in [-0.2, -0.15) is 0 Å². The summed E-state index contributed by atoms with van der Waals surface area (Å²) >= 11 is 3.24. The second-order valence-corrected chi connectivity index (χ2v) is 9.99. The number of fused-ring (bicyclic) bond motifs is 1. The van der Waals surface area contributed by atoms with Crippen molar-refractivity contribution in [3.05, 3.63) is 76.5 Å². The Morgan fingerprint density at radius 2 is 1.97 bits per heavy atom. The zero-order valence-electron chi connectivity index (χ0n) is 19.1. The van der Waals surface area contributed by atoms with E-state index in [9.17, 15) is 4.79 Å². The molecule has 0 aliphatic rings. The van der Waals surface area contributed by atoms with Crippen molar-refractivity contribution in [3.8, 4) is 5.75 Å². The maximum Gasteiger partial charge on any atom is 0.287 e. The highest BCUT2D eigenvalue weighted by Gasteiger charge is 2.23. The number of nitrogens with zero attached hydrogens (tertiary/aromatic N) is 2. The SMILES string of the molecule is COc1ccc(C(CNC(=O)c2oc3ccccc3c2CSc2nc(C)cs2)N(C)C)cc1. The van der Waals surface area contributed by atoms with E-state index in [0.717, 1.165) is 32.3 Å². The van der Waals surface area contributed by atoms with E-state index >= 15 is 0 Å². The van der Waals surface area contributed by atoms with Crippen LogP contribution in [0.15, 0.2) is 62.7 Å². The third-order valence-corrected chi connectivity index (χ3v) is 7.59. The van der Waals surface area contributed by atoms with E-state index in [1.165, 1.54) is 0 Å². The lowest BCUT2D eigenvalue weighted by atomic mass is 10.1. The molecule has 33 heavy (non-hydrogen) atoms. The largest absolute Gasteiger partial charge is 0.497 e. The number of aryl methyl sites for hydroxylation is 1. The van der Waals surface area contributed by atoms with Crippen molar-refractivity contribution in [2.45, 2.75) is 23.1 Å². The van der Waals surface area contributed by atoms with Crippen molar-refractivity contribution in [1.29, 1.82) is 0 Å². The highest BCUT2D eigenvalue weighted by molar-refractivity contribution is 8.00. The number of nitrogens with one attached hydrogen (secondary N) is 1. The van der Waals surface area contributed by atoms with Crippen molar-refractivity contribution >= 4 is 40.0 Å². The summed E-state index contributed by atoms with van der Waals surface area (Å²) in [5.41, 5.74) is 3.71. The van der Waals surface area contributed by atoms with Gasteiger partial charge in [0.2, 0.25) is 0 Å². The van der Waals surface area contributed by atoms with Crippen molar-refractivity contribution in [2.24, 2.45) is 0 Å². The molecule has 172 valence electrons. The number of rotatable bonds is 9. The van der Waals surface area contributed by atoms with Gasteiger partial charge in [0.15, 0.2) is 5.76 Å². The smallest absolute Gasteiger partial charge is 0.287 e. The first-order valence-corrected chi connectivity index (χ1v) is 12.5. The zero-order chi connectivity index (χ0) is 23.4. The molecule has 1 atom stereocenters. The van der Waals surface area contributed by atoms with Gasteiger partial charge in [0.25, 0.3) is 5.91 Å². The number of amides is 1. The van der Waals surface area contributed by atoms with E-state index in [4.69, 9.17) is 9.15 Å². The van der Waals surface area contributed by atoms with Crippen LogP contribution < -0.4 is 10.1 Å². The lowest BCUT2D eigenvalue weighted by Crippen LogP contribution is -2.34. The zero-order valence-corrected chi connectivity index (χ0v) is 20.8. The monoisotopic (exact) mass is 481 g/mol. The molecule has 0 aliphatic carbocycles. The number of carbonyl (C=O) groups is 1. The summed E-state index contributed by atoms with van der Waals surface area (Å²) in [6.45, 7) is 2.43. The predicted octanol–water partition coefficient (Wildman–Crippen LogP) is 5.53. The molecular formula is C25H27N3O3S2. The number of thiazole rings is 1. The molecule has 0 fully saturated rings. The van der Waals surface area contributed by atoms with Gasteiger partial charge in [-0.05, 0) is 44.8 Å². The van der Waals surface area contributed by atoms with Gasteiger partial charge in [-0.3, -0.25) is 4.79 Å². The van der Waals surface area contributed by atoms with Crippen molar-refractivity contribution in [1.82, 2.24) is 15.2 Å². The van der Waals surface area contributed by atoms with E-state index in [1.54, 1.807) is 30.2 Å². The minimum atomic E-state index is -0.211. The molecule has 2 aromatic carbocycles. The number of benzene rings is 2. The molecule has 4 aromatic rings. The number of furan rings is 1. The molecule has 8 heteroatoms. The minimum Gasteiger partial charge on any atom is -0.497 e. The van der Waals surface area contributed by atoms with E-state index in [1.807, 2.05) is 74.9 Å². The number of carbonyl (C=O) groups excluding carboxylic acids is 1. The Bertz CT molecular complexity index is 1230. The fourth-order valence-corrected chi connectivity index (χ4v) is 5.53. The predicted molar refractivity (Wildman–Crippen MR) is 134 cm³/mol. The number of hydrogen-bond donors (Lipinski definition) is 1. The van der Waals surface area contributed by atoms with Crippen molar-refractivity contribution < 1.29 is 13.9 Å². The maximum absolute atomic E-state index is 13.2. The average Bonchev–Trinajstić information content (AvgIpc) is 3.41. The van der Waals surface area contributed by atoms with E-state index in [-0.39, 0.29) is 11.9 Å². The molecule has 1 amide bonds. The van der Waals surface area contributed by atoms with Crippen LogP contribution >= 0.6 is 23.1 Å². The number of methoxy groups -OCH3 is 1. The van der Waals surface area contributed by atoms with Gasteiger partial charge in [-0.25, -0.2) is 4.98 Å². The summed E-state index contributed by atoms with van der Waals surface area (Å²) in [6.07, 6.45) is 0. The Labute approximate surface area is 202 Å². The van der Waals surface area contributed by atoms with Crippen LogP contribution in [0.25, 0.3) is 11.0 Å². The Morgan fingerprint density at radius 1 is 1.21 bits per heavy atom. The van der Waals surface area contributed by atoms with Gasteiger partial charge in [0, 0.05) is 34.3 Å². The standard InChI is InChI=1S/C25H27N3O3S2/c1-16-14-32-25(27-16)33-15-20-19-7-5-6-8-22(19)31-23(20)24(29)26-13-21(28(2)3)17-9-11-18(30-4)12-10-17/h5-12,14,21H,13,15H2,1-4H3,(H,26,29). The molecule has 1 unspecified atom stereocenters. The summed E-state index contributed by atoms with van der Waals surface area (Å²) in [6, 6.07) is 15.7. The lowest BCUT2D eigenvalue weighted by Gasteiger charge is -2.25. The van der Waals surface area contributed by atoms with Crippen LogP contribution in [0.4, 0.5) is 0 Å². The molecule has 2 heterocycles. The van der Waals surface area contributed by atoms with E-state index in [2.05, 4.69) is 15.2 Å². The van der Waals surface area contributed by atoms with Gasteiger partial charge in [0.05, 0.1) is 13.2 Å². The first-order chi connectivity index (χ1) is 16.0.